The first-order valence-electron chi connectivity index (χ1n) is 9.73. The molecule has 32 heavy (non-hydrogen) atoms. The van der Waals surface area contributed by atoms with Crippen molar-refractivity contribution in [3.05, 3.63) is 110 Å². The maximum atomic E-state index is 12.2. The van der Waals surface area contributed by atoms with E-state index in [-0.39, 0.29) is 12.3 Å². The van der Waals surface area contributed by atoms with Gasteiger partial charge < -0.3 is 14.2 Å². The zero-order valence-corrected chi connectivity index (χ0v) is 18.4. The number of carbonyl (C=O) groups is 1. The highest BCUT2D eigenvalue weighted by atomic mass is 79.9. The van der Waals surface area contributed by atoms with Gasteiger partial charge in [-0.25, -0.2) is 4.79 Å². The molecule has 8 heteroatoms. The molecule has 1 aliphatic heterocycles. The summed E-state index contributed by atoms with van der Waals surface area (Å²) in [5, 5.41) is 10.9. The van der Waals surface area contributed by atoms with Gasteiger partial charge >= 0.3 is 5.97 Å². The summed E-state index contributed by atoms with van der Waals surface area (Å²) >= 11 is 3.47. The highest BCUT2D eigenvalue weighted by Crippen LogP contribution is 2.38. The van der Waals surface area contributed by atoms with Crippen molar-refractivity contribution in [3.63, 3.8) is 0 Å². The summed E-state index contributed by atoms with van der Waals surface area (Å²) < 4.78 is 18.1. The zero-order chi connectivity index (χ0) is 22.5. The van der Waals surface area contributed by atoms with Crippen LogP contribution >= 0.6 is 15.9 Å². The molecule has 0 bridgehead atoms. The molecule has 1 aliphatic rings. The maximum Gasteiger partial charge on any atom is 0.331 e. The molecule has 162 valence electrons. The van der Waals surface area contributed by atoms with Crippen LogP contribution in [0.2, 0.25) is 0 Å². The van der Waals surface area contributed by atoms with E-state index in [0.717, 1.165) is 15.6 Å². The van der Waals surface area contributed by atoms with Gasteiger partial charge in [-0.3, -0.25) is 10.1 Å². The smallest absolute Gasteiger partial charge is 0.331 e. The van der Waals surface area contributed by atoms with Crippen LogP contribution in [0.5, 0.6) is 5.75 Å². The standard InChI is InChI=1S/C24H18BrNO6/c25-20-12-18(14-30-22(27)10-9-16-5-4-8-21(11-16)26(28)29)23-19(13-20)15-31-24(32-23)17-6-2-1-3-7-17/h1-13,24H,14-15H2/b10-9+. The van der Waals surface area contributed by atoms with Crippen LogP contribution in [0.25, 0.3) is 6.08 Å². The third kappa shape index (κ3) is 5.22. The number of nitro groups is 1. The Morgan fingerprint density at radius 2 is 1.97 bits per heavy atom. The first-order chi connectivity index (χ1) is 15.5. The largest absolute Gasteiger partial charge is 0.460 e. The Hall–Kier alpha value is -3.49. The number of rotatable bonds is 6. The van der Waals surface area contributed by atoms with E-state index in [0.29, 0.717) is 23.5 Å². The summed E-state index contributed by atoms with van der Waals surface area (Å²) in [6, 6.07) is 19.3. The molecule has 3 aromatic carbocycles. The number of halogens is 1. The molecule has 1 heterocycles. The van der Waals surface area contributed by atoms with Gasteiger partial charge in [0.2, 0.25) is 6.29 Å². The van der Waals surface area contributed by atoms with E-state index in [2.05, 4.69) is 15.9 Å². The van der Waals surface area contributed by atoms with E-state index in [1.54, 1.807) is 12.1 Å². The number of nitro benzene ring substituents is 1. The molecule has 0 radical (unpaired) electrons. The lowest BCUT2D eigenvalue weighted by molar-refractivity contribution is -0.384. The van der Waals surface area contributed by atoms with Gasteiger partial charge in [-0.2, -0.15) is 0 Å². The monoisotopic (exact) mass is 495 g/mol. The molecule has 0 aliphatic carbocycles. The molecule has 0 saturated heterocycles. The Labute approximate surface area is 192 Å². The SMILES string of the molecule is O=C(/C=C/c1cccc([N+](=O)[O-])c1)OCc1cc(Br)cc2c1OC(c1ccccc1)OC2. The van der Waals surface area contributed by atoms with Gasteiger partial charge in [-0.15, -0.1) is 0 Å². The Balaban J connectivity index is 1.46. The van der Waals surface area contributed by atoms with Crippen molar-refractivity contribution < 1.29 is 23.9 Å². The van der Waals surface area contributed by atoms with Crippen molar-refractivity contribution in [1.82, 2.24) is 0 Å². The molecule has 4 rings (SSSR count). The predicted molar refractivity (Wildman–Crippen MR) is 121 cm³/mol. The number of ether oxygens (including phenoxy) is 3. The molecule has 3 aromatic rings. The number of esters is 1. The molecule has 0 amide bonds. The van der Waals surface area contributed by atoms with E-state index < -0.39 is 17.2 Å². The maximum absolute atomic E-state index is 12.2. The van der Waals surface area contributed by atoms with Crippen molar-refractivity contribution in [2.75, 3.05) is 0 Å². The minimum absolute atomic E-state index is 0.00138. The quantitative estimate of drug-likeness (QED) is 0.188. The Bertz CT molecular complexity index is 1180. The van der Waals surface area contributed by atoms with Gasteiger partial charge in [-0.05, 0) is 23.8 Å². The molecule has 1 atom stereocenters. The highest BCUT2D eigenvalue weighted by Gasteiger charge is 2.25. The normalized spacial score (nSPS) is 15.1. The number of fused-ring (bicyclic) bond motifs is 1. The van der Waals surface area contributed by atoms with E-state index in [9.17, 15) is 14.9 Å². The topological polar surface area (TPSA) is 87.9 Å². The van der Waals surface area contributed by atoms with Crippen LogP contribution in [0.1, 0.15) is 28.5 Å². The van der Waals surface area contributed by atoms with Gasteiger partial charge in [0, 0.05) is 39.4 Å². The van der Waals surface area contributed by atoms with Crippen LogP contribution < -0.4 is 4.74 Å². The molecule has 1 unspecified atom stereocenters. The Kier molecular flexibility index (Phi) is 6.63. The highest BCUT2D eigenvalue weighted by molar-refractivity contribution is 9.10. The molecular formula is C24H18BrNO6. The lowest BCUT2D eigenvalue weighted by atomic mass is 10.1. The fourth-order valence-electron chi connectivity index (χ4n) is 3.26. The van der Waals surface area contributed by atoms with E-state index >= 15 is 0 Å². The predicted octanol–water partition coefficient (Wildman–Crippen LogP) is 5.72. The second-order valence-corrected chi connectivity index (χ2v) is 7.93. The number of carbonyl (C=O) groups excluding carboxylic acids is 1. The second-order valence-electron chi connectivity index (χ2n) is 7.02. The number of nitrogens with zero attached hydrogens (tertiary/aromatic N) is 1. The fourth-order valence-corrected chi connectivity index (χ4v) is 3.81. The third-order valence-corrected chi connectivity index (χ3v) is 5.22. The molecule has 0 spiro atoms. The average Bonchev–Trinajstić information content (AvgIpc) is 2.81. The summed E-state index contributed by atoms with van der Waals surface area (Å²) in [5.41, 5.74) is 2.93. The summed E-state index contributed by atoms with van der Waals surface area (Å²) in [7, 11) is 0. The van der Waals surface area contributed by atoms with Gasteiger partial charge in [0.1, 0.15) is 12.4 Å². The summed E-state index contributed by atoms with van der Waals surface area (Å²) in [6.45, 7) is 0.364. The summed E-state index contributed by atoms with van der Waals surface area (Å²) in [6.07, 6.45) is 2.16. The van der Waals surface area contributed by atoms with Crippen molar-refractivity contribution in [1.29, 1.82) is 0 Å². The number of hydrogen-bond acceptors (Lipinski definition) is 6. The first kappa shape index (κ1) is 21.7. The van der Waals surface area contributed by atoms with Crippen LogP contribution in [0.4, 0.5) is 5.69 Å². The minimum atomic E-state index is -0.572. The van der Waals surface area contributed by atoms with Gasteiger partial charge in [0.05, 0.1) is 11.5 Å². The lowest BCUT2D eigenvalue weighted by Gasteiger charge is -2.28. The van der Waals surface area contributed by atoms with Crippen molar-refractivity contribution in [2.45, 2.75) is 19.5 Å². The first-order valence-corrected chi connectivity index (χ1v) is 10.5. The number of hydrogen-bond donors (Lipinski definition) is 0. The molecule has 0 aromatic heterocycles. The van der Waals surface area contributed by atoms with Crippen LogP contribution in [0.15, 0.2) is 77.3 Å². The molecular weight excluding hydrogens is 478 g/mol. The number of benzene rings is 3. The lowest BCUT2D eigenvalue weighted by Crippen LogP contribution is -2.19. The molecule has 0 fully saturated rings. The van der Waals surface area contributed by atoms with E-state index in [4.69, 9.17) is 14.2 Å². The average molecular weight is 496 g/mol. The van der Waals surface area contributed by atoms with Gasteiger partial charge in [-0.1, -0.05) is 58.4 Å². The molecule has 0 N–H and O–H groups in total. The van der Waals surface area contributed by atoms with Crippen LogP contribution in [0.3, 0.4) is 0 Å². The Morgan fingerprint density at radius 3 is 2.75 bits per heavy atom. The Morgan fingerprint density at radius 1 is 1.16 bits per heavy atom. The van der Waals surface area contributed by atoms with Crippen LogP contribution in [0, 0.1) is 10.1 Å². The van der Waals surface area contributed by atoms with E-state index in [1.165, 1.54) is 24.3 Å². The summed E-state index contributed by atoms with van der Waals surface area (Å²) in [4.78, 5) is 22.6. The summed E-state index contributed by atoms with van der Waals surface area (Å²) in [5.74, 6) is 0.0562. The molecule has 7 nitrogen and oxygen atoms in total. The zero-order valence-electron chi connectivity index (χ0n) is 16.8. The van der Waals surface area contributed by atoms with Gasteiger partial charge in [0.25, 0.3) is 5.69 Å². The fraction of sp³-hybridized carbons (Fsp3) is 0.125. The van der Waals surface area contributed by atoms with Crippen molar-refractivity contribution in [3.8, 4) is 5.75 Å². The second kappa shape index (κ2) is 9.76. The van der Waals surface area contributed by atoms with Gasteiger partial charge in [0.15, 0.2) is 0 Å². The van der Waals surface area contributed by atoms with Crippen molar-refractivity contribution in [2.24, 2.45) is 0 Å². The minimum Gasteiger partial charge on any atom is -0.460 e. The number of non-ortho nitro benzene ring substituents is 1. The van der Waals surface area contributed by atoms with Crippen LogP contribution in [-0.2, 0) is 27.5 Å². The molecule has 0 saturated carbocycles. The third-order valence-electron chi connectivity index (χ3n) is 4.76. The van der Waals surface area contributed by atoms with Crippen molar-refractivity contribution >= 4 is 33.7 Å². The van der Waals surface area contributed by atoms with Crippen LogP contribution in [-0.4, -0.2) is 10.9 Å². The van der Waals surface area contributed by atoms with E-state index in [1.807, 2.05) is 42.5 Å².